The molecular weight excluding hydrogens is 516 g/mol. The van der Waals surface area contributed by atoms with Gasteiger partial charge in [-0.1, -0.05) is 32.1 Å². The number of ether oxygens (including phenoxy) is 4. The lowest BCUT2D eigenvalue weighted by atomic mass is 10.1. The van der Waals surface area contributed by atoms with Crippen LogP contribution in [-0.2, 0) is 11.2 Å². The van der Waals surface area contributed by atoms with Crippen LogP contribution in [0.1, 0.15) is 31.4 Å². The number of allylic oxidation sites excluding steroid dienone is 1. The number of hydrogen-bond donors (Lipinski definition) is 1. The fraction of sp³-hybridized carbons (Fsp3) is 0.310. The van der Waals surface area contributed by atoms with E-state index >= 15 is 0 Å². The molecular formula is C29H32N4O5S. The van der Waals surface area contributed by atoms with E-state index in [4.69, 9.17) is 24.4 Å². The molecule has 0 bridgehead atoms. The van der Waals surface area contributed by atoms with Gasteiger partial charge in [0.1, 0.15) is 18.3 Å². The van der Waals surface area contributed by atoms with Crippen molar-refractivity contribution in [3.8, 4) is 23.0 Å². The van der Waals surface area contributed by atoms with Crippen LogP contribution in [0.25, 0.3) is 6.08 Å². The van der Waals surface area contributed by atoms with Crippen molar-refractivity contribution in [2.45, 2.75) is 26.7 Å². The standard InChI is InChI=1S/C29H32N4O5S/c1-6-7-19-8-10-22(24(16-19)35-4)37-12-13-38-23-11-9-20(17-25(23)36-5)15-21-27(30)33-29(31-28(21)34)39-26(32-33)14-18(2)3/h6,8-11,15-18,30H,1,7,12-14H2,2-5H3/b21-15-,30-27?. The number of benzene rings is 2. The number of hydrazone groups is 1. The molecule has 0 radical (unpaired) electrons. The molecule has 0 atom stereocenters. The van der Waals surface area contributed by atoms with E-state index in [0.29, 0.717) is 46.3 Å². The largest absolute Gasteiger partial charge is 0.493 e. The number of carbonyl (C=O) groups excluding carboxylic acids is 1. The molecule has 2 aromatic rings. The highest BCUT2D eigenvalue weighted by Crippen LogP contribution is 2.33. The predicted octanol–water partition coefficient (Wildman–Crippen LogP) is 5.56. The summed E-state index contributed by atoms with van der Waals surface area (Å²) in [5, 5.41) is 15.7. The number of hydrogen-bond acceptors (Lipinski definition) is 8. The maximum atomic E-state index is 12.7. The van der Waals surface area contributed by atoms with Gasteiger partial charge < -0.3 is 18.9 Å². The number of thioether (sulfide) groups is 1. The van der Waals surface area contributed by atoms with Crippen LogP contribution in [0.3, 0.4) is 0 Å². The highest BCUT2D eigenvalue weighted by molar-refractivity contribution is 8.26. The third kappa shape index (κ3) is 6.69. The first-order valence-electron chi connectivity index (χ1n) is 12.5. The Morgan fingerprint density at radius 3 is 2.33 bits per heavy atom. The Morgan fingerprint density at radius 1 is 1.03 bits per heavy atom. The number of methoxy groups -OCH3 is 2. The van der Waals surface area contributed by atoms with E-state index in [1.807, 2.05) is 24.3 Å². The van der Waals surface area contributed by atoms with Crippen LogP contribution in [0.5, 0.6) is 23.0 Å². The summed E-state index contributed by atoms with van der Waals surface area (Å²) in [6, 6.07) is 11.1. The van der Waals surface area contributed by atoms with Crippen molar-refractivity contribution in [1.82, 2.24) is 5.01 Å². The number of aliphatic imine (C=N–C) groups is 1. The molecule has 10 heteroatoms. The SMILES string of the molecule is C=CCc1ccc(OCCOc2ccc(/C=C3/C(=N)N4N=C(CC(C)C)SC4=NC3=O)cc2OC)c(OC)c1. The van der Waals surface area contributed by atoms with Crippen LogP contribution >= 0.6 is 11.8 Å². The van der Waals surface area contributed by atoms with E-state index < -0.39 is 5.91 Å². The molecule has 0 aromatic heterocycles. The Labute approximate surface area is 232 Å². The van der Waals surface area contributed by atoms with Gasteiger partial charge in [-0.2, -0.15) is 15.1 Å². The van der Waals surface area contributed by atoms with Crippen molar-refractivity contribution in [3.05, 3.63) is 65.8 Å². The lowest BCUT2D eigenvalue weighted by Crippen LogP contribution is -2.35. The minimum absolute atomic E-state index is 0.000603. The van der Waals surface area contributed by atoms with Gasteiger partial charge in [-0.05, 0) is 65.6 Å². The number of nitrogens with zero attached hydrogens (tertiary/aromatic N) is 3. The molecule has 2 aliphatic rings. The minimum Gasteiger partial charge on any atom is -0.493 e. The molecule has 0 fully saturated rings. The van der Waals surface area contributed by atoms with E-state index in [-0.39, 0.29) is 18.0 Å². The van der Waals surface area contributed by atoms with Gasteiger partial charge >= 0.3 is 0 Å². The number of rotatable bonds is 12. The van der Waals surface area contributed by atoms with Crippen molar-refractivity contribution < 1.29 is 23.7 Å². The molecule has 9 nitrogen and oxygen atoms in total. The molecule has 2 heterocycles. The quantitative estimate of drug-likeness (QED) is 0.210. The van der Waals surface area contributed by atoms with Crippen LogP contribution in [0.2, 0.25) is 0 Å². The van der Waals surface area contributed by atoms with E-state index in [9.17, 15) is 4.79 Å². The summed E-state index contributed by atoms with van der Waals surface area (Å²) >= 11 is 1.34. The summed E-state index contributed by atoms with van der Waals surface area (Å²) in [6.07, 6.45) is 4.97. The summed E-state index contributed by atoms with van der Waals surface area (Å²) in [5.41, 5.74) is 1.92. The molecule has 0 saturated heterocycles. The fourth-order valence-corrected chi connectivity index (χ4v) is 5.05. The van der Waals surface area contributed by atoms with E-state index in [1.54, 1.807) is 38.5 Å². The van der Waals surface area contributed by atoms with Crippen LogP contribution in [0.4, 0.5) is 0 Å². The maximum absolute atomic E-state index is 12.7. The molecule has 0 spiro atoms. The topological polar surface area (TPSA) is 106 Å². The van der Waals surface area contributed by atoms with Gasteiger partial charge in [0.05, 0.1) is 19.8 Å². The highest BCUT2D eigenvalue weighted by Gasteiger charge is 2.35. The van der Waals surface area contributed by atoms with Gasteiger partial charge in [0.15, 0.2) is 28.8 Å². The van der Waals surface area contributed by atoms with Gasteiger partial charge in [0.2, 0.25) is 5.17 Å². The molecule has 0 saturated carbocycles. The lowest BCUT2D eigenvalue weighted by molar-refractivity contribution is -0.114. The van der Waals surface area contributed by atoms with E-state index in [2.05, 4.69) is 30.5 Å². The Hall–Kier alpha value is -4.05. The molecule has 0 aliphatic carbocycles. The van der Waals surface area contributed by atoms with E-state index in [1.165, 1.54) is 16.8 Å². The molecule has 2 aromatic carbocycles. The zero-order valence-electron chi connectivity index (χ0n) is 22.5. The number of nitrogens with one attached hydrogen (secondary N) is 1. The van der Waals surface area contributed by atoms with Crippen molar-refractivity contribution in [1.29, 1.82) is 5.41 Å². The zero-order chi connectivity index (χ0) is 27.9. The normalized spacial score (nSPS) is 15.7. The van der Waals surface area contributed by atoms with Gasteiger partial charge in [-0.15, -0.1) is 6.58 Å². The highest BCUT2D eigenvalue weighted by atomic mass is 32.2. The third-order valence-electron chi connectivity index (χ3n) is 5.78. The van der Waals surface area contributed by atoms with Crippen molar-refractivity contribution in [2.24, 2.45) is 16.0 Å². The van der Waals surface area contributed by atoms with Gasteiger partial charge in [0.25, 0.3) is 5.91 Å². The first-order chi connectivity index (χ1) is 18.8. The molecule has 4 rings (SSSR count). The van der Waals surface area contributed by atoms with Gasteiger partial charge in [-0.25, -0.2) is 0 Å². The predicted molar refractivity (Wildman–Crippen MR) is 155 cm³/mol. The Morgan fingerprint density at radius 2 is 1.69 bits per heavy atom. The number of carbonyl (C=O) groups is 1. The molecule has 2 aliphatic heterocycles. The molecule has 0 unspecified atom stereocenters. The fourth-order valence-electron chi connectivity index (χ4n) is 3.95. The van der Waals surface area contributed by atoms with E-state index in [0.717, 1.165) is 23.4 Å². The molecule has 204 valence electrons. The second-order valence-corrected chi connectivity index (χ2v) is 10.2. The van der Waals surface area contributed by atoms with Crippen molar-refractivity contribution >= 4 is 39.8 Å². The summed E-state index contributed by atoms with van der Waals surface area (Å²) in [5.74, 6) is 2.24. The van der Waals surface area contributed by atoms with Crippen LogP contribution in [0.15, 0.2) is 64.7 Å². The van der Waals surface area contributed by atoms with Crippen LogP contribution < -0.4 is 18.9 Å². The van der Waals surface area contributed by atoms with Crippen LogP contribution in [0, 0.1) is 11.3 Å². The van der Waals surface area contributed by atoms with Crippen molar-refractivity contribution in [3.63, 3.8) is 0 Å². The second-order valence-electron chi connectivity index (χ2n) is 9.20. The maximum Gasteiger partial charge on any atom is 0.283 e. The van der Waals surface area contributed by atoms with Gasteiger partial charge in [-0.3, -0.25) is 10.2 Å². The Kier molecular flexibility index (Phi) is 9.08. The summed E-state index contributed by atoms with van der Waals surface area (Å²) in [4.78, 5) is 16.9. The number of amidine groups is 2. The first kappa shape index (κ1) is 28.0. The monoisotopic (exact) mass is 548 g/mol. The van der Waals surface area contributed by atoms with Gasteiger partial charge in [0, 0.05) is 6.42 Å². The molecule has 1 amide bonds. The third-order valence-corrected chi connectivity index (χ3v) is 6.72. The number of amides is 1. The average Bonchev–Trinajstić information content (AvgIpc) is 3.31. The minimum atomic E-state index is -0.468. The lowest BCUT2D eigenvalue weighted by Gasteiger charge is -2.20. The Balaban J connectivity index is 1.41. The molecule has 39 heavy (non-hydrogen) atoms. The summed E-state index contributed by atoms with van der Waals surface area (Å²) in [6.45, 7) is 8.53. The summed E-state index contributed by atoms with van der Waals surface area (Å²) in [7, 11) is 3.15. The van der Waals surface area contributed by atoms with Crippen molar-refractivity contribution in [2.75, 3.05) is 27.4 Å². The Bertz CT molecular complexity index is 1370. The zero-order valence-corrected chi connectivity index (χ0v) is 23.3. The average molecular weight is 549 g/mol. The smallest absolute Gasteiger partial charge is 0.283 e. The number of fused-ring (bicyclic) bond motifs is 1. The second kappa shape index (κ2) is 12.7. The molecule has 1 N–H and O–H groups in total. The summed E-state index contributed by atoms with van der Waals surface area (Å²) < 4.78 is 22.7. The first-order valence-corrected chi connectivity index (χ1v) is 13.3. The van der Waals surface area contributed by atoms with Crippen LogP contribution in [-0.4, -0.2) is 54.4 Å².